The summed E-state index contributed by atoms with van der Waals surface area (Å²) in [6.07, 6.45) is 2.34. The van der Waals surface area contributed by atoms with Crippen LogP contribution in [0.3, 0.4) is 0 Å². The first kappa shape index (κ1) is 10.5. The molecule has 0 fully saturated rings. The maximum atomic E-state index is 12.5. The molecule has 0 saturated carbocycles. The fourth-order valence-corrected chi connectivity index (χ4v) is 2.02. The molecule has 0 atom stereocenters. The monoisotopic (exact) mass is 254 g/mol. The van der Waals surface area contributed by atoms with Gasteiger partial charge in [-0.1, -0.05) is 18.3 Å². The molecule has 0 N–H and O–H groups in total. The van der Waals surface area contributed by atoms with Gasteiger partial charge in [0.25, 0.3) is 0 Å². The first-order valence-corrected chi connectivity index (χ1v) is 5.19. The molecule has 17 heavy (non-hydrogen) atoms. The molecular formula is C11H5F3N2S. The first-order valence-electron chi connectivity index (χ1n) is 4.78. The Morgan fingerprint density at radius 2 is 2.00 bits per heavy atom. The zero-order valence-corrected chi connectivity index (χ0v) is 9.14. The number of rotatable bonds is 0. The minimum Gasteiger partial charge on any atom is -0.239 e. The number of alkyl halides is 3. The number of thiocarbonyl (C=S) groups is 1. The minimum atomic E-state index is -4.42. The van der Waals surface area contributed by atoms with Gasteiger partial charge in [0.2, 0.25) is 0 Å². The van der Waals surface area contributed by atoms with Crippen molar-refractivity contribution in [2.45, 2.75) is 6.18 Å². The average Bonchev–Trinajstić information content (AvgIpc) is 2.74. The molecule has 2 aromatic heterocycles. The highest BCUT2D eigenvalue weighted by Gasteiger charge is 2.34. The van der Waals surface area contributed by atoms with Crippen molar-refractivity contribution in [3.05, 3.63) is 34.8 Å². The second kappa shape index (κ2) is 3.16. The molecule has 2 heterocycles. The Morgan fingerprint density at radius 3 is 2.71 bits per heavy atom. The highest BCUT2D eigenvalue weighted by atomic mass is 32.1. The summed E-state index contributed by atoms with van der Waals surface area (Å²) in [6, 6.07) is 1.04. The molecule has 3 rings (SSSR count). The van der Waals surface area contributed by atoms with Crippen LogP contribution in [0.15, 0.2) is 18.3 Å². The Bertz CT molecular complexity index is 709. The van der Waals surface area contributed by atoms with Crippen molar-refractivity contribution >= 4 is 34.8 Å². The van der Waals surface area contributed by atoms with Crippen molar-refractivity contribution < 1.29 is 13.2 Å². The summed E-state index contributed by atoms with van der Waals surface area (Å²) in [4.78, 5) is 0.598. The molecule has 2 nitrogen and oxygen atoms in total. The SMILES string of the molecule is FC(F)(F)c1cc2c3c(cn2n1)C=CC(=S)C=3. The number of allylic oxidation sites excluding steroid dienone is 1. The van der Waals surface area contributed by atoms with Crippen LogP contribution < -0.4 is 5.22 Å². The Morgan fingerprint density at radius 1 is 1.24 bits per heavy atom. The maximum absolute atomic E-state index is 12.5. The molecule has 1 aliphatic carbocycles. The van der Waals surface area contributed by atoms with E-state index in [0.717, 1.165) is 11.6 Å². The van der Waals surface area contributed by atoms with Gasteiger partial charge in [-0.3, -0.25) is 0 Å². The van der Waals surface area contributed by atoms with E-state index in [1.54, 1.807) is 24.4 Å². The van der Waals surface area contributed by atoms with E-state index in [1.165, 1.54) is 4.52 Å². The molecule has 0 saturated heterocycles. The summed E-state index contributed by atoms with van der Waals surface area (Å²) in [6.45, 7) is 0. The van der Waals surface area contributed by atoms with Crippen molar-refractivity contribution in [1.29, 1.82) is 0 Å². The third-order valence-corrected chi connectivity index (χ3v) is 2.84. The van der Waals surface area contributed by atoms with Crippen LogP contribution in [0.4, 0.5) is 13.2 Å². The van der Waals surface area contributed by atoms with Crippen LogP contribution in [0, 0.1) is 0 Å². The molecule has 0 spiro atoms. The summed E-state index contributed by atoms with van der Waals surface area (Å²) in [5.74, 6) is 0. The number of fused-ring (bicyclic) bond motifs is 3. The van der Waals surface area contributed by atoms with Crippen LogP contribution in [-0.4, -0.2) is 14.5 Å². The Balaban J connectivity index is 2.32. The number of hydrogen-bond donors (Lipinski definition) is 0. The Labute approximate surface area is 99.0 Å². The molecule has 86 valence electrons. The van der Waals surface area contributed by atoms with E-state index in [0.29, 0.717) is 15.6 Å². The Kier molecular flexibility index (Phi) is 1.95. The third-order valence-electron chi connectivity index (χ3n) is 2.59. The summed E-state index contributed by atoms with van der Waals surface area (Å²) >= 11 is 5.00. The van der Waals surface area contributed by atoms with Crippen molar-refractivity contribution in [1.82, 2.24) is 9.61 Å². The molecule has 0 bridgehead atoms. The van der Waals surface area contributed by atoms with Gasteiger partial charge in [0.15, 0.2) is 5.69 Å². The van der Waals surface area contributed by atoms with Crippen molar-refractivity contribution in [3.63, 3.8) is 0 Å². The summed E-state index contributed by atoms with van der Waals surface area (Å²) in [7, 11) is 0. The van der Waals surface area contributed by atoms with Crippen LogP contribution in [0.1, 0.15) is 11.3 Å². The molecular weight excluding hydrogens is 249 g/mol. The summed E-state index contributed by atoms with van der Waals surface area (Å²) in [5, 5.41) is 4.20. The number of nitrogens with zero attached hydrogens (tertiary/aromatic N) is 2. The molecule has 2 aromatic rings. The maximum Gasteiger partial charge on any atom is 0.435 e. The fraction of sp³-hybridized carbons (Fsp3) is 0.0909. The second-order valence-corrected chi connectivity index (χ2v) is 4.21. The zero-order valence-electron chi connectivity index (χ0n) is 8.32. The van der Waals surface area contributed by atoms with Crippen molar-refractivity contribution in [2.24, 2.45) is 0 Å². The van der Waals surface area contributed by atoms with Gasteiger partial charge in [0, 0.05) is 21.8 Å². The van der Waals surface area contributed by atoms with Crippen LogP contribution in [-0.2, 0) is 6.18 Å². The molecule has 0 unspecified atom stereocenters. The van der Waals surface area contributed by atoms with Crippen LogP contribution in [0.2, 0.25) is 0 Å². The van der Waals surface area contributed by atoms with Gasteiger partial charge in [-0.15, -0.1) is 0 Å². The smallest absolute Gasteiger partial charge is 0.239 e. The van der Waals surface area contributed by atoms with Gasteiger partial charge < -0.3 is 0 Å². The predicted molar refractivity (Wildman–Crippen MR) is 61.5 cm³/mol. The van der Waals surface area contributed by atoms with Crippen LogP contribution in [0.5, 0.6) is 0 Å². The quantitative estimate of drug-likeness (QED) is 0.671. The van der Waals surface area contributed by atoms with Crippen LogP contribution in [0.25, 0.3) is 17.7 Å². The van der Waals surface area contributed by atoms with E-state index in [4.69, 9.17) is 12.2 Å². The molecule has 0 amide bonds. The lowest BCUT2D eigenvalue weighted by Crippen LogP contribution is -2.08. The number of halogens is 3. The van der Waals surface area contributed by atoms with Gasteiger partial charge >= 0.3 is 6.18 Å². The van der Waals surface area contributed by atoms with Crippen molar-refractivity contribution in [2.75, 3.05) is 0 Å². The molecule has 0 aliphatic heterocycles. The molecule has 0 aromatic carbocycles. The average molecular weight is 254 g/mol. The molecule has 6 heteroatoms. The minimum absolute atomic E-state index is 0.430. The normalized spacial score (nSPS) is 15.1. The van der Waals surface area contributed by atoms with Crippen LogP contribution >= 0.6 is 12.2 Å². The van der Waals surface area contributed by atoms with E-state index < -0.39 is 11.9 Å². The van der Waals surface area contributed by atoms with Gasteiger partial charge in [-0.05, 0) is 18.2 Å². The van der Waals surface area contributed by atoms with Gasteiger partial charge in [-0.2, -0.15) is 18.3 Å². The third kappa shape index (κ3) is 1.56. The lowest BCUT2D eigenvalue weighted by Gasteiger charge is -1.99. The lowest BCUT2D eigenvalue weighted by molar-refractivity contribution is -0.141. The molecule has 1 aliphatic rings. The molecule has 0 radical (unpaired) electrons. The zero-order chi connectivity index (χ0) is 12.2. The number of aromatic nitrogens is 2. The lowest BCUT2D eigenvalue weighted by atomic mass is 10.1. The fourth-order valence-electron chi connectivity index (χ4n) is 1.83. The van der Waals surface area contributed by atoms with Gasteiger partial charge in [0.1, 0.15) is 0 Å². The standard InChI is InChI=1S/C11H5F3N2S/c12-11(13,14)10-4-9-8-3-7(17)2-1-6(8)5-16(9)15-10/h1-5H. The van der Waals surface area contributed by atoms with E-state index >= 15 is 0 Å². The van der Waals surface area contributed by atoms with E-state index in [9.17, 15) is 13.2 Å². The largest absolute Gasteiger partial charge is 0.435 e. The summed E-state index contributed by atoms with van der Waals surface area (Å²) in [5.41, 5.74) is 0.373. The van der Waals surface area contributed by atoms with E-state index in [1.807, 2.05) is 0 Å². The summed E-state index contributed by atoms with van der Waals surface area (Å²) < 4.78 is 38.7. The predicted octanol–water partition coefficient (Wildman–Crippen LogP) is 2.25. The van der Waals surface area contributed by atoms with E-state index in [-0.39, 0.29) is 0 Å². The Hall–Kier alpha value is -1.69. The van der Waals surface area contributed by atoms with E-state index in [2.05, 4.69) is 5.10 Å². The first-order chi connectivity index (χ1) is 7.95. The number of hydrogen-bond acceptors (Lipinski definition) is 2. The van der Waals surface area contributed by atoms with Gasteiger partial charge in [-0.25, -0.2) is 4.52 Å². The highest BCUT2D eigenvalue weighted by Crippen LogP contribution is 2.28. The topological polar surface area (TPSA) is 17.3 Å². The highest BCUT2D eigenvalue weighted by molar-refractivity contribution is 7.81. The van der Waals surface area contributed by atoms with Crippen molar-refractivity contribution in [3.8, 4) is 0 Å². The van der Waals surface area contributed by atoms with Gasteiger partial charge in [0.05, 0.1) is 5.52 Å². The second-order valence-electron chi connectivity index (χ2n) is 3.74.